The molecule has 0 aromatic carbocycles. The summed E-state index contributed by atoms with van der Waals surface area (Å²) in [6, 6.07) is 0. The largest absolute Gasteiger partial charge is 0.285 e. The van der Waals surface area contributed by atoms with E-state index in [0.29, 0.717) is 6.42 Å². The van der Waals surface area contributed by atoms with Crippen molar-refractivity contribution >= 4 is 11.8 Å². The molecule has 13 heavy (non-hydrogen) atoms. The summed E-state index contributed by atoms with van der Waals surface area (Å²) in [5.74, 6) is -0.0620. The van der Waals surface area contributed by atoms with E-state index < -0.39 is 0 Å². The van der Waals surface area contributed by atoms with Crippen LogP contribution >= 0.6 is 0 Å². The molecule has 0 saturated carbocycles. The van der Waals surface area contributed by atoms with Gasteiger partial charge in [-0.15, -0.1) is 0 Å². The van der Waals surface area contributed by atoms with E-state index in [1.165, 1.54) is 4.90 Å². The fourth-order valence-corrected chi connectivity index (χ4v) is 2.06. The second-order valence-corrected chi connectivity index (χ2v) is 3.73. The van der Waals surface area contributed by atoms with Crippen LogP contribution in [0, 0.1) is 5.92 Å². The third kappa shape index (κ3) is 1.28. The van der Waals surface area contributed by atoms with E-state index in [0.717, 1.165) is 24.8 Å². The molecule has 1 unspecified atom stereocenters. The minimum Gasteiger partial charge on any atom is -0.285 e. The van der Waals surface area contributed by atoms with Crippen molar-refractivity contribution in [1.82, 2.24) is 4.90 Å². The molecule has 0 aromatic rings. The summed E-state index contributed by atoms with van der Waals surface area (Å²) in [6.07, 6.45) is 5.53. The number of allylic oxidation sites excluding steroid dienone is 1. The predicted octanol–water partition coefficient (Wildman–Crippen LogP) is 1.10. The zero-order valence-electron chi connectivity index (χ0n) is 7.75. The van der Waals surface area contributed by atoms with Gasteiger partial charge in [-0.3, -0.25) is 14.5 Å². The lowest BCUT2D eigenvalue weighted by molar-refractivity contribution is -0.147. The molecule has 0 bridgehead atoms. The Morgan fingerprint density at radius 1 is 1.46 bits per heavy atom. The second kappa shape index (κ2) is 2.98. The summed E-state index contributed by atoms with van der Waals surface area (Å²) < 4.78 is 0. The Morgan fingerprint density at radius 2 is 2.23 bits per heavy atom. The Kier molecular flexibility index (Phi) is 1.94. The normalized spacial score (nSPS) is 28.5. The number of imide groups is 1. The quantitative estimate of drug-likeness (QED) is 0.412. The van der Waals surface area contributed by atoms with Gasteiger partial charge in [-0.2, -0.15) is 0 Å². The number of rotatable bonds is 0. The lowest BCUT2D eigenvalue weighted by Gasteiger charge is -2.32. The van der Waals surface area contributed by atoms with E-state index in [1.807, 2.05) is 0 Å². The van der Waals surface area contributed by atoms with Crippen molar-refractivity contribution in [2.45, 2.75) is 25.7 Å². The summed E-state index contributed by atoms with van der Waals surface area (Å²) in [6.45, 7) is 0. The SMILES string of the molecule is CN1C(=O)CC2=CCCCC2C1=O. The molecule has 0 spiro atoms. The minimum atomic E-state index is -0.0607. The molecule has 0 radical (unpaired) electrons. The van der Waals surface area contributed by atoms with Gasteiger partial charge in [-0.25, -0.2) is 0 Å². The van der Waals surface area contributed by atoms with E-state index in [-0.39, 0.29) is 17.7 Å². The predicted molar refractivity (Wildman–Crippen MR) is 47.8 cm³/mol. The first kappa shape index (κ1) is 8.48. The lowest BCUT2D eigenvalue weighted by Crippen LogP contribution is -2.44. The monoisotopic (exact) mass is 179 g/mol. The summed E-state index contributed by atoms with van der Waals surface area (Å²) >= 11 is 0. The summed E-state index contributed by atoms with van der Waals surface area (Å²) in [5.41, 5.74) is 1.05. The zero-order valence-corrected chi connectivity index (χ0v) is 7.75. The first-order valence-electron chi connectivity index (χ1n) is 4.69. The standard InChI is InChI=1S/C10H13NO2/c1-11-9(12)6-7-4-2-3-5-8(7)10(11)13/h4,8H,2-3,5-6H2,1H3. The Bertz CT molecular complexity index is 293. The molecule has 0 N–H and O–H groups in total. The zero-order chi connectivity index (χ0) is 9.42. The average molecular weight is 179 g/mol. The van der Waals surface area contributed by atoms with Crippen molar-refractivity contribution in [3.63, 3.8) is 0 Å². The number of hydrogen-bond acceptors (Lipinski definition) is 2. The van der Waals surface area contributed by atoms with Crippen LogP contribution in [0.2, 0.25) is 0 Å². The Balaban J connectivity index is 2.29. The summed E-state index contributed by atoms with van der Waals surface area (Å²) in [5, 5.41) is 0. The molecule has 2 amide bonds. The van der Waals surface area contributed by atoms with Crippen LogP contribution in [0.25, 0.3) is 0 Å². The summed E-state index contributed by atoms with van der Waals surface area (Å²) in [7, 11) is 1.58. The van der Waals surface area contributed by atoms with Gasteiger partial charge in [0.1, 0.15) is 0 Å². The molecule has 1 aliphatic carbocycles. The number of piperidine rings is 1. The first-order valence-corrected chi connectivity index (χ1v) is 4.69. The van der Waals surface area contributed by atoms with E-state index in [2.05, 4.69) is 6.08 Å². The maximum atomic E-state index is 11.6. The molecule has 1 heterocycles. The van der Waals surface area contributed by atoms with Crippen LogP contribution in [0.5, 0.6) is 0 Å². The Hall–Kier alpha value is -1.12. The fraction of sp³-hybridized carbons (Fsp3) is 0.600. The highest BCUT2D eigenvalue weighted by Gasteiger charge is 2.35. The number of likely N-dealkylation sites (tertiary alicyclic amines) is 1. The van der Waals surface area contributed by atoms with Gasteiger partial charge in [0, 0.05) is 13.5 Å². The van der Waals surface area contributed by atoms with Crippen LogP contribution in [-0.2, 0) is 9.59 Å². The fourth-order valence-electron chi connectivity index (χ4n) is 2.06. The molecule has 2 rings (SSSR count). The smallest absolute Gasteiger partial charge is 0.236 e. The van der Waals surface area contributed by atoms with Crippen molar-refractivity contribution in [3.8, 4) is 0 Å². The highest BCUT2D eigenvalue weighted by atomic mass is 16.2. The van der Waals surface area contributed by atoms with Gasteiger partial charge >= 0.3 is 0 Å². The van der Waals surface area contributed by atoms with Crippen LogP contribution < -0.4 is 0 Å². The van der Waals surface area contributed by atoms with Gasteiger partial charge in [-0.05, 0) is 19.3 Å². The van der Waals surface area contributed by atoms with Crippen molar-refractivity contribution in [1.29, 1.82) is 0 Å². The number of amides is 2. The molecular weight excluding hydrogens is 166 g/mol. The van der Waals surface area contributed by atoms with Crippen LogP contribution in [0.3, 0.4) is 0 Å². The second-order valence-electron chi connectivity index (χ2n) is 3.73. The van der Waals surface area contributed by atoms with Crippen LogP contribution in [0.15, 0.2) is 11.6 Å². The maximum Gasteiger partial charge on any atom is 0.236 e. The van der Waals surface area contributed by atoms with E-state index in [9.17, 15) is 9.59 Å². The molecule has 70 valence electrons. The third-order valence-electron chi connectivity index (χ3n) is 2.91. The molecule has 1 atom stereocenters. The van der Waals surface area contributed by atoms with E-state index >= 15 is 0 Å². The number of carbonyl (C=O) groups excluding carboxylic acids is 2. The topological polar surface area (TPSA) is 37.4 Å². The van der Waals surface area contributed by atoms with Gasteiger partial charge in [0.05, 0.1) is 5.92 Å². The first-order chi connectivity index (χ1) is 6.20. The minimum absolute atomic E-state index is 0.0106. The van der Waals surface area contributed by atoms with Crippen molar-refractivity contribution in [3.05, 3.63) is 11.6 Å². The molecular formula is C10H13NO2. The lowest BCUT2D eigenvalue weighted by atomic mass is 9.82. The Morgan fingerprint density at radius 3 is 3.00 bits per heavy atom. The number of nitrogens with zero attached hydrogens (tertiary/aromatic N) is 1. The van der Waals surface area contributed by atoms with Crippen LogP contribution in [0.4, 0.5) is 0 Å². The molecule has 0 aromatic heterocycles. The molecule has 3 heteroatoms. The van der Waals surface area contributed by atoms with Gasteiger partial charge < -0.3 is 0 Å². The molecule has 2 aliphatic rings. The Labute approximate surface area is 77.4 Å². The van der Waals surface area contributed by atoms with Crippen LogP contribution in [-0.4, -0.2) is 23.8 Å². The van der Waals surface area contributed by atoms with Crippen molar-refractivity contribution < 1.29 is 9.59 Å². The number of hydrogen-bond donors (Lipinski definition) is 0. The molecule has 3 nitrogen and oxygen atoms in total. The van der Waals surface area contributed by atoms with Gasteiger partial charge in [0.25, 0.3) is 0 Å². The van der Waals surface area contributed by atoms with Crippen molar-refractivity contribution in [2.75, 3.05) is 7.05 Å². The number of carbonyl (C=O) groups is 2. The third-order valence-corrected chi connectivity index (χ3v) is 2.91. The van der Waals surface area contributed by atoms with Crippen LogP contribution in [0.1, 0.15) is 25.7 Å². The molecule has 1 aliphatic heterocycles. The van der Waals surface area contributed by atoms with Gasteiger partial charge in [0.2, 0.25) is 11.8 Å². The van der Waals surface area contributed by atoms with Crippen molar-refractivity contribution in [2.24, 2.45) is 5.92 Å². The summed E-state index contributed by atoms with van der Waals surface area (Å²) in [4.78, 5) is 24.2. The maximum absolute atomic E-state index is 11.6. The molecule has 1 saturated heterocycles. The highest BCUT2D eigenvalue weighted by molar-refractivity contribution is 6.01. The number of fused-ring (bicyclic) bond motifs is 1. The molecule has 1 fully saturated rings. The average Bonchev–Trinajstić information content (AvgIpc) is 2.15. The van der Waals surface area contributed by atoms with Gasteiger partial charge in [0.15, 0.2) is 0 Å². The highest BCUT2D eigenvalue weighted by Crippen LogP contribution is 2.32. The van der Waals surface area contributed by atoms with E-state index in [4.69, 9.17) is 0 Å². The van der Waals surface area contributed by atoms with E-state index in [1.54, 1.807) is 7.05 Å². The van der Waals surface area contributed by atoms with Gasteiger partial charge in [-0.1, -0.05) is 11.6 Å².